The third-order valence-electron chi connectivity index (χ3n) is 2.91. The van der Waals surface area contributed by atoms with Crippen LogP contribution < -0.4 is 0 Å². The fraction of sp³-hybridized carbons (Fsp3) is 0.429. The van der Waals surface area contributed by atoms with Crippen molar-refractivity contribution in [1.82, 2.24) is 14.9 Å². The van der Waals surface area contributed by atoms with Gasteiger partial charge in [0.1, 0.15) is 0 Å². The van der Waals surface area contributed by atoms with Crippen molar-refractivity contribution in [3.05, 3.63) is 30.1 Å². The van der Waals surface area contributed by atoms with Crippen LogP contribution in [0.5, 0.6) is 0 Å². The van der Waals surface area contributed by atoms with Crippen LogP contribution in [0.1, 0.15) is 29.9 Å². The van der Waals surface area contributed by atoms with Crippen LogP contribution >= 0.6 is 0 Å². The SMILES string of the molecule is CN(C)CCCCC(=O)c1nc2ccccc2[nH]1. The Kier molecular flexibility index (Phi) is 4.10. The Morgan fingerprint density at radius 2 is 2.06 bits per heavy atom. The highest BCUT2D eigenvalue weighted by atomic mass is 16.1. The Balaban J connectivity index is 1.92. The molecule has 0 unspecified atom stereocenters. The number of Topliss-reactive ketones (excluding diaryl/α,β-unsaturated/α-hetero) is 1. The topological polar surface area (TPSA) is 49.0 Å². The van der Waals surface area contributed by atoms with Crippen LogP contribution in [-0.2, 0) is 0 Å². The lowest BCUT2D eigenvalue weighted by molar-refractivity contribution is 0.0969. The third kappa shape index (κ3) is 3.17. The second-order valence-electron chi connectivity index (χ2n) is 4.79. The predicted molar refractivity (Wildman–Crippen MR) is 72.8 cm³/mol. The Hall–Kier alpha value is -1.68. The van der Waals surface area contributed by atoms with Crippen molar-refractivity contribution in [3.63, 3.8) is 0 Å². The number of hydrogen-bond acceptors (Lipinski definition) is 3. The van der Waals surface area contributed by atoms with Gasteiger partial charge in [0, 0.05) is 6.42 Å². The second-order valence-corrected chi connectivity index (χ2v) is 4.79. The van der Waals surface area contributed by atoms with Crippen LogP contribution in [-0.4, -0.2) is 41.3 Å². The molecular weight excluding hydrogens is 226 g/mol. The number of para-hydroxylation sites is 2. The number of unbranched alkanes of at least 4 members (excludes halogenated alkanes) is 1. The van der Waals surface area contributed by atoms with E-state index in [1.54, 1.807) is 0 Å². The van der Waals surface area contributed by atoms with Gasteiger partial charge in [0.25, 0.3) is 0 Å². The van der Waals surface area contributed by atoms with Gasteiger partial charge in [0.05, 0.1) is 11.0 Å². The molecule has 0 atom stereocenters. The summed E-state index contributed by atoms with van der Waals surface area (Å²) in [5.74, 6) is 0.589. The second kappa shape index (κ2) is 5.78. The van der Waals surface area contributed by atoms with E-state index in [1.165, 1.54) is 0 Å². The summed E-state index contributed by atoms with van der Waals surface area (Å²) in [7, 11) is 4.09. The molecule has 0 spiro atoms. The first kappa shape index (κ1) is 12.8. The molecule has 1 heterocycles. The minimum absolute atomic E-state index is 0.102. The van der Waals surface area contributed by atoms with Gasteiger partial charge in [-0.2, -0.15) is 0 Å². The van der Waals surface area contributed by atoms with Crippen LogP contribution in [0.15, 0.2) is 24.3 Å². The number of carbonyl (C=O) groups excluding carboxylic acids is 1. The van der Waals surface area contributed by atoms with E-state index >= 15 is 0 Å². The highest BCUT2D eigenvalue weighted by Gasteiger charge is 2.10. The molecule has 0 radical (unpaired) electrons. The number of hydrogen-bond donors (Lipinski definition) is 1. The van der Waals surface area contributed by atoms with Gasteiger partial charge in [-0.05, 0) is 45.6 Å². The lowest BCUT2D eigenvalue weighted by Crippen LogP contribution is -2.13. The first-order valence-corrected chi connectivity index (χ1v) is 6.29. The molecule has 0 aliphatic rings. The molecule has 0 aliphatic carbocycles. The number of benzene rings is 1. The molecule has 4 nitrogen and oxygen atoms in total. The van der Waals surface area contributed by atoms with Gasteiger partial charge >= 0.3 is 0 Å². The monoisotopic (exact) mass is 245 g/mol. The van der Waals surface area contributed by atoms with Crippen LogP contribution in [0, 0.1) is 0 Å². The van der Waals surface area contributed by atoms with E-state index in [0.29, 0.717) is 12.2 Å². The molecule has 2 aromatic rings. The normalized spacial score (nSPS) is 11.3. The van der Waals surface area contributed by atoms with Gasteiger partial charge in [0.15, 0.2) is 11.6 Å². The fourth-order valence-electron chi connectivity index (χ4n) is 1.92. The van der Waals surface area contributed by atoms with Crippen LogP contribution in [0.3, 0.4) is 0 Å². The van der Waals surface area contributed by atoms with Crippen molar-refractivity contribution in [1.29, 1.82) is 0 Å². The van der Waals surface area contributed by atoms with Crippen molar-refractivity contribution in [3.8, 4) is 0 Å². The highest BCUT2D eigenvalue weighted by molar-refractivity contribution is 5.95. The largest absolute Gasteiger partial charge is 0.335 e. The fourth-order valence-corrected chi connectivity index (χ4v) is 1.92. The Labute approximate surface area is 107 Å². The van der Waals surface area contributed by atoms with Crippen molar-refractivity contribution in [2.75, 3.05) is 20.6 Å². The van der Waals surface area contributed by atoms with Crippen LogP contribution in [0.4, 0.5) is 0 Å². The quantitative estimate of drug-likeness (QED) is 0.628. The zero-order valence-corrected chi connectivity index (χ0v) is 10.9. The van der Waals surface area contributed by atoms with E-state index in [9.17, 15) is 4.79 Å². The molecule has 1 aromatic heterocycles. The van der Waals surface area contributed by atoms with E-state index in [1.807, 2.05) is 38.4 Å². The Morgan fingerprint density at radius 1 is 1.28 bits per heavy atom. The van der Waals surface area contributed by atoms with E-state index in [0.717, 1.165) is 30.4 Å². The number of H-pyrrole nitrogens is 1. The summed E-state index contributed by atoms with van der Waals surface area (Å²) in [5.41, 5.74) is 1.78. The van der Waals surface area contributed by atoms with Gasteiger partial charge in [-0.15, -0.1) is 0 Å². The summed E-state index contributed by atoms with van der Waals surface area (Å²) in [6.45, 7) is 1.02. The molecule has 0 saturated heterocycles. The lowest BCUT2D eigenvalue weighted by atomic mass is 10.1. The molecule has 0 bridgehead atoms. The first-order valence-electron chi connectivity index (χ1n) is 6.29. The van der Waals surface area contributed by atoms with Crippen molar-refractivity contribution in [2.24, 2.45) is 0 Å². The third-order valence-corrected chi connectivity index (χ3v) is 2.91. The Morgan fingerprint density at radius 3 is 2.78 bits per heavy atom. The molecule has 1 N–H and O–H groups in total. The average Bonchev–Trinajstić information content (AvgIpc) is 2.78. The standard InChI is InChI=1S/C14H19N3O/c1-17(2)10-6-5-9-13(18)14-15-11-7-3-4-8-12(11)16-14/h3-4,7-8H,5-6,9-10H2,1-2H3,(H,15,16). The zero-order chi connectivity index (χ0) is 13.0. The number of carbonyl (C=O) groups is 1. The minimum atomic E-state index is 0.102. The van der Waals surface area contributed by atoms with Gasteiger partial charge in [-0.3, -0.25) is 4.79 Å². The maximum absolute atomic E-state index is 12.0. The number of fused-ring (bicyclic) bond motifs is 1. The summed E-state index contributed by atoms with van der Waals surface area (Å²) >= 11 is 0. The highest BCUT2D eigenvalue weighted by Crippen LogP contribution is 2.12. The van der Waals surface area contributed by atoms with E-state index in [4.69, 9.17) is 0 Å². The predicted octanol–water partition coefficient (Wildman–Crippen LogP) is 2.48. The molecule has 0 saturated carbocycles. The lowest BCUT2D eigenvalue weighted by Gasteiger charge is -2.07. The average molecular weight is 245 g/mol. The molecular formula is C14H19N3O. The number of nitrogens with zero attached hydrogens (tertiary/aromatic N) is 2. The summed E-state index contributed by atoms with van der Waals surface area (Å²) in [6, 6.07) is 7.71. The van der Waals surface area contributed by atoms with Gasteiger partial charge in [-0.1, -0.05) is 12.1 Å². The number of aromatic nitrogens is 2. The molecule has 0 fully saturated rings. The molecule has 18 heavy (non-hydrogen) atoms. The molecule has 96 valence electrons. The van der Waals surface area contributed by atoms with Gasteiger partial charge in [0.2, 0.25) is 0 Å². The van der Waals surface area contributed by atoms with Crippen molar-refractivity contribution in [2.45, 2.75) is 19.3 Å². The zero-order valence-electron chi connectivity index (χ0n) is 10.9. The van der Waals surface area contributed by atoms with E-state index < -0.39 is 0 Å². The van der Waals surface area contributed by atoms with Gasteiger partial charge < -0.3 is 9.88 Å². The minimum Gasteiger partial charge on any atom is -0.335 e. The number of ketones is 1. The van der Waals surface area contributed by atoms with Crippen LogP contribution in [0.25, 0.3) is 11.0 Å². The van der Waals surface area contributed by atoms with E-state index in [2.05, 4.69) is 14.9 Å². The van der Waals surface area contributed by atoms with Crippen molar-refractivity contribution >= 4 is 16.8 Å². The van der Waals surface area contributed by atoms with Crippen LogP contribution in [0.2, 0.25) is 0 Å². The maximum atomic E-state index is 12.0. The molecule has 4 heteroatoms. The Bertz CT molecular complexity index is 498. The molecule has 1 aromatic carbocycles. The number of imidazole rings is 1. The summed E-state index contributed by atoms with van der Waals surface area (Å²) in [4.78, 5) is 21.5. The molecule has 0 aliphatic heterocycles. The number of aromatic amines is 1. The smallest absolute Gasteiger partial charge is 0.198 e. The number of nitrogens with one attached hydrogen (secondary N) is 1. The summed E-state index contributed by atoms with van der Waals surface area (Å²) < 4.78 is 0. The maximum Gasteiger partial charge on any atom is 0.198 e. The molecule has 2 rings (SSSR count). The first-order chi connectivity index (χ1) is 8.66. The summed E-state index contributed by atoms with van der Waals surface area (Å²) in [6.07, 6.45) is 2.51. The van der Waals surface area contributed by atoms with E-state index in [-0.39, 0.29) is 5.78 Å². The number of rotatable bonds is 6. The summed E-state index contributed by atoms with van der Waals surface area (Å²) in [5, 5.41) is 0. The molecule has 0 amide bonds. The van der Waals surface area contributed by atoms with Crippen molar-refractivity contribution < 1.29 is 4.79 Å². The van der Waals surface area contributed by atoms with Gasteiger partial charge in [-0.25, -0.2) is 4.98 Å².